The molecule has 0 unspecified atom stereocenters. The van der Waals surface area contributed by atoms with E-state index in [1.807, 2.05) is 43.3 Å². The van der Waals surface area contributed by atoms with Crippen LogP contribution in [-0.4, -0.2) is 21.0 Å². The van der Waals surface area contributed by atoms with Gasteiger partial charge in [-0.2, -0.15) is 5.10 Å². The van der Waals surface area contributed by atoms with Crippen molar-refractivity contribution in [2.75, 3.05) is 0 Å². The minimum atomic E-state index is -0.0857. The molecule has 28 heavy (non-hydrogen) atoms. The fourth-order valence-corrected chi connectivity index (χ4v) is 3.30. The number of hydrogen-bond donors (Lipinski definition) is 1. The predicted octanol–water partition coefficient (Wildman–Crippen LogP) is 4.92. The maximum Gasteiger partial charge on any atom is 0.181 e. The smallest absolute Gasteiger partial charge is 0.181 e. The van der Waals surface area contributed by atoms with Crippen molar-refractivity contribution in [3.05, 3.63) is 88.2 Å². The molecule has 1 N–H and O–H groups in total. The van der Waals surface area contributed by atoms with Crippen molar-refractivity contribution < 1.29 is 9.53 Å². The quantitative estimate of drug-likeness (QED) is 0.473. The fourth-order valence-electron chi connectivity index (χ4n) is 3.01. The zero-order valence-corrected chi connectivity index (χ0v) is 16.0. The average Bonchev–Trinajstić information content (AvgIpc) is 3.08. The van der Waals surface area contributed by atoms with Crippen molar-refractivity contribution in [3.63, 3.8) is 0 Å². The molecular formula is C22H18ClN3O2. The van der Waals surface area contributed by atoms with Crippen LogP contribution in [0.2, 0.25) is 5.02 Å². The van der Waals surface area contributed by atoms with Crippen LogP contribution in [0.3, 0.4) is 0 Å². The van der Waals surface area contributed by atoms with E-state index in [0.29, 0.717) is 28.6 Å². The number of carbonyl (C=O) groups excluding carboxylic acids is 1. The van der Waals surface area contributed by atoms with Gasteiger partial charge >= 0.3 is 0 Å². The first-order chi connectivity index (χ1) is 13.6. The van der Waals surface area contributed by atoms with Crippen molar-refractivity contribution in [1.82, 2.24) is 15.2 Å². The highest BCUT2D eigenvalue weighted by atomic mass is 35.5. The van der Waals surface area contributed by atoms with E-state index in [0.717, 1.165) is 22.2 Å². The minimum Gasteiger partial charge on any atom is -0.487 e. The summed E-state index contributed by atoms with van der Waals surface area (Å²) >= 11 is 6.46. The first-order valence-corrected chi connectivity index (χ1v) is 9.27. The second kappa shape index (κ2) is 7.82. The summed E-state index contributed by atoms with van der Waals surface area (Å²) in [5, 5.41) is 8.25. The number of fused-ring (bicyclic) bond motifs is 1. The highest BCUT2D eigenvalue weighted by molar-refractivity contribution is 6.35. The molecule has 6 heteroatoms. The van der Waals surface area contributed by atoms with Gasteiger partial charge in [0, 0.05) is 29.3 Å². The molecule has 0 aliphatic carbocycles. The second-order valence-electron chi connectivity index (χ2n) is 6.56. The van der Waals surface area contributed by atoms with Gasteiger partial charge in [0.15, 0.2) is 11.4 Å². The lowest BCUT2D eigenvalue weighted by molar-refractivity contribution is 0.0992. The normalized spacial score (nSPS) is 10.9. The highest BCUT2D eigenvalue weighted by Crippen LogP contribution is 2.30. The van der Waals surface area contributed by atoms with E-state index in [-0.39, 0.29) is 12.2 Å². The maximum absolute atomic E-state index is 12.8. The topological polar surface area (TPSA) is 67.9 Å². The molecule has 4 rings (SSSR count). The fraction of sp³-hybridized carbons (Fsp3) is 0.136. The molecule has 0 bridgehead atoms. The lowest BCUT2D eigenvalue weighted by Gasteiger charge is -2.11. The maximum atomic E-state index is 12.8. The molecule has 0 aliphatic heterocycles. The Morgan fingerprint density at radius 2 is 1.93 bits per heavy atom. The number of halogens is 1. The molecule has 140 valence electrons. The molecule has 0 fully saturated rings. The van der Waals surface area contributed by atoms with Gasteiger partial charge < -0.3 is 4.74 Å². The number of aromatic nitrogens is 3. The molecule has 0 spiro atoms. The van der Waals surface area contributed by atoms with Crippen molar-refractivity contribution in [2.45, 2.75) is 20.0 Å². The van der Waals surface area contributed by atoms with E-state index in [4.69, 9.17) is 16.3 Å². The number of H-pyrrole nitrogens is 1. The Morgan fingerprint density at radius 1 is 1.11 bits per heavy atom. The molecule has 0 saturated carbocycles. The lowest BCUT2D eigenvalue weighted by atomic mass is 10.0. The Bertz CT molecular complexity index is 1140. The zero-order chi connectivity index (χ0) is 19.5. The molecule has 0 saturated heterocycles. The zero-order valence-electron chi connectivity index (χ0n) is 15.3. The number of nitrogens with one attached hydrogen (secondary N) is 1. The number of aromatic amines is 1. The molecule has 0 amide bonds. The minimum absolute atomic E-state index is 0.0857. The molecule has 4 aromatic rings. The molecule has 0 radical (unpaired) electrons. The molecular weight excluding hydrogens is 374 g/mol. The Balaban J connectivity index is 1.52. The van der Waals surface area contributed by atoms with Crippen LogP contribution >= 0.6 is 11.6 Å². The highest BCUT2D eigenvalue weighted by Gasteiger charge is 2.16. The van der Waals surface area contributed by atoms with E-state index in [2.05, 4.69) is 15.2 Å². The monoisotopic (exact) mass is 391 g/mol. The van der Waals surface area contributed by atoms with Gasteiger partial charge in [0.05, 0.1) is 5.02 Å². The van der Waals surface area contributed by atoms with Crippen LogP contribution in [0.5, 0.6) is 5.75 Å². The van der Waals surface area contributed by atoms with Crippen molar-refractivity contribution >= 4 is 28.4 Å². The summed E-state index contributed by atoms with van der Waals surface area (Å²) in [6.45, 7) is 2.31. The summed E-state index contributed by atoms with van der Waals surface area (Å²) < 4.78 is 5.82. The van der Waals surface area contributed by atoms with Gasteiger partial charge in [-0.15, -0.1) is 0 Å². The molecule has 2 aromatic carbocycles. The van der Waals surface area contributed by atoms with E-state index in [1.165, 1.54) is 0 Å². The Morgan fingerprint density at radius 3 is 2.75 bits per heavy atom. The van der Waals surface area contributed by atoms with Gasteiger partial charge in [-0.25, -0.2) is 4.98 Å². The Labute approximate surface area is 167 Å². The van der Waals surface area contributed by atoms with Gasteiger partial charge in [0.1, 0.15) is 12.4 Å². The van der Waals surface area contributed by atoms with Crippen molar-refractivity contribution in [3.8, 4) is 5.75 Å². The number of ether oxygens (including phenoxy) is 1. The summed E-state index contributed by atoms with van der Waals surface area (Å²) in [4.78, 5) is 17.1. The first-order valence-electron chi connectivity index (χ1n) is 8.90. The Hall–Kier alpha value is -3.18. The SMILES string of the molecule is Cc1[nH]nc2ncc(CC(=O)c3cccc(OCc4ccccc4)c3Cl)cc12. The summed E-state index contributed by atoms with van der Waals surface area (Å²) in [7, 11) is 0. The van der Waals surface area contributed by atoms with Crippen molar-refractivity contribution in [1.29, 1.82) is 0 Å². The van der Waals surface area contributed by atoms with Gasteiger partial charge in [0.25, 0.3) is 0 Å². The second-order valence-corrected chi connectivity index (χ2v) is 6.93. The number of carbonyl (C=O) groups is 1. The van der Waals surface area contributed by atoms with Gasteiger partial charge in [-0.05, 0) is 36.2 Å². The van der Waals surface area contributed by atoms with Crippen LogP contribution in [0.1, 0.15) is 27.2 Å². The van der Waals surface area contributed by atoms with Crippen LogP contribution in [0, 0.1) is 6.92 Å². The molecule has 0 atom stereocenters. The number of aryl methyl sites for hydroxylation is 1. The number of nitrogens with zero attached hydrogens (tertiary/aromatic N) is 2. The van der Waals surface area contributed by atoms with Gasteiger partial charge in [-0.3, -0.25) is 9.89 Å². The third-order valence-electron chi connectivity index (χ3n) is 4.52. The van der Waals surface area contributed by atoms with Crippen LogP contribution in [0.25, 0.3) is 11.0 Å². The summed E-state index contributed by atoms with van der Waals surface area (Å²) in [6.07, 6.45) is 1.87. The van der Waals surface area contributed by atoms with Crippen LogP contribution in [0.15, 0.2) is 60.8 Å². The summed E-state index contributed by atoms with van der Waals surface area (Å²) in [5.74, 6) is 0.410. The lowest BCUT2D eigenvalue weighted by Crippen LogP contribution is -2.06. The first kappa shape index (κ1) is 18.2. The molecule has 5 nitrogen and oxygen atoms in total. The number of benzene rings is 2. The van der Waals surface area contributed by atoms with Crippen molar-refractivity contribution in [2.24, 2.45) is 0 Å². The van der Waals surface area contributed by atoms with E-state index >= 15 is 0 Å². The number of pyridine rings is 1. The third-order valence-corrected chi connectivity index (χ3v) is 4.91. The largest absolute Gasteiger partial charge is 0.487 e. The van der Waals surface area contributed by atoms with Crippen LogP contribution < -0.4 is 4.74 Å². The molecule has 2 heterocycles. The van der Waals surface area contributed by atoms with Gasteiger partial charge in [0.2, 0.25) is 0 Å². The number of hydrogen-bond acceptors (Lipinski definition) is 4. The van der Waals surface area contributed by atoms with E-state index in [1.54, 1.807) is 24.4 Å². The summed E-state index contributed by atoms with van der Waals surface area (Å²) in [5.41, 5.74) is 3.85. The van der Waals surface area contributed by atoms with Crippen LogP contribution in [0.4, 0.5) is 0 Å². The summed E-state index contributed by atoms with van der Waals surface area (Å²) in [6, 6.07) is 17.0. The predicted molar refractivity (Wildman–Crippen MR) is 109 cm³/mol. The third kappa shape index (κ3) is 3.75. The Kier molecular flexibility index (Phi) is 5.08. The van der Waals surface area contributed by atoms with E-state index in [9.17, 15) is 4.79 Å². The van der Waals surface area contributed by atoms with Crippen LogP contribution in [-0.2, 0) is 13.0 Å². The average molecular weight is 392 g/mol. The number of Topliss-reactive ketones (excluding diaryl/α,β-unsaturated/α-hetero) is 1. The number of rotatable bonds is 6. The number of ketones is 1. The van der Waals surface area contributed by atoms with Gasteiger partial charge in [-0.1, -0.05) is 48.0 Å². The standard InChI is InChI=1S/C22H18ClN3O2/c1-14-18-10-16(12-24-22(18)26-25-14)11-19(27)17-8-5-9-20(21(17)23)28-13-15-6-3-2-4-7-15/h2-10,12H,11,13H2,1H3,(H,24,25,26). The van der Waals surface area contributed by atoms with E-state index < -0.39 is 0 Å². The molecule has 2 aromatic heterocycles. The molecule has 0 aliphatic rings.